The van der Waals surface area contributed by atoms with Gasteiger partial charge in [-0.05, 0) is 42.9 Å². The molecule has 2 fully saturated rings. The van der Waals surface area contributed by atoms with Crippen LogP contribution >= 0.6 is 0 Å². The summed E-state index contributed by atoms with van der Waals surface area (Å²) in [7, 11) is 9.47. The highest BCUT2D eigenvalue weighted by Gasteiger charge is 2.42. The predicted molar refractivity (Wildman–Crippen MR) is 96.8 cm³/mol. The van der Waals surface area contributed by atoms with Gasteiger partial charge < -0.3 is 8.97 Å². The van der Waals surface area contributed by atoms with Crippen molar-refractivity contribution in [3.8, 4) is 0 Å². The molecule has 130 valence electrons. The summed E-state index contributed by atoms with van der Waals surface area (Å²) >= 11 is 0. The topological polar surface area (TPSA) is 0 Å². The standard InChI is InChI=1S/C20H42N2/c1-18(2)19-8-10-20(11-9-19)12-16-22(6,17-13-20)15-7-14-21(3,4)5/h18-19H,7-17H2,1-6H3/q+2. The Labute approximate surface area is 140 Å². The van der Waals surface area contributed by atoms with Crippen molar-refractivity contribution in [2.24, 2.45) is 17.3 Å². The molecule has 0 bridgehead atoms. The second-order valence-electron chi connectivity index (χ2n) is 10.2. The minimum Gasteiger partial charge on any atom is -0.331 e. The number of hydrogen-bond acceptors (Lipinski definition) is 0. The molecule has 0 unspecified atom stereocenters. The summed E-state index contributed by atoms with van der Waals surface area (Å²) in [4.78, 5) is 0. The molecular weight excluding hydrogens is 268 g/mol. The first-order valence-electron chi connectivity index (χ1n) is 9.77. The molecule has 0 aromatic rings. The van der Waals surface area contributed by atoms with Crippen molar-refractivity contribution >= 4 is 0 Å². The first-order chi connectivity index (χ1) is 10.1. The molecule has 1 saturated carbocycles. The lowest BCUT2D eigenvalue weighted by atomic mass is 9.63. The lowest BCUT2D eigenvalue weighted by molar-refractivity contribution is -0.923. The van der Waals surface area contributed by atoms with Gasteiger partial charge >= 0.3 is 0 Å². The van der Waals surface area contributed by atoms with Crippen LogP contribution in [0.3, 0.4) is 0 Å². The van der Waals surface area contributed by atoms with Crippen LogP contribution < -0.4 is 0 Å². The largest absolute Gasteiger partial charge is 0.331 e. The van der Waals surface area contributed by atoms with E-state index < -0.39 is 0 Å². The minimum atomic E-state index is 0.739. The van der Waals surface area contributed by atoms with Crippen molar-refractivity contribution in [2.45, 2.75) is 58.8 Å². The third kappa shape index (κ3) is 4.96. The quantitative estimate of drug-likeness (QED) is 0.669. The molecule has 0 N–H and O–H groups in total. The zero-order valence-electron chi connectivity index (χ0n) is 16.3. The SMILES string of the molecule is CC(C)C1CCC2(CC1)CC[N+](C)(CCC[N+](C)(C)C)CC2. The summed E-state index contributed by atoms with van der Waals surface area (Å²) < 4.78 is 2.45. The van der Waals surface area contributed by atoms with Gasteiger partial charge in [0.05, 0.1) is 54.4 Å². The van der Waals surface area contributed by atoms with E-state index in [2.05, 4.69) is 42.0 Å². The molecule has 1 heterocycles. The van der Waals surface area contributed by atoms with Crippen molar-refractivity contribution in [3.05, 3.63) is 0 Å². The lowest BCUT2D eigenvalue weighted by Crippen LogP contribution is -2.54. The van der Waals surface area contributed by atoms with E-state index in [0.717, 1.165) is 21.7 Å². The van der Waals surface area contributed by atoms with E-state index in [1.807, 2.05) is 0 Å². The average molecular weight is 311 g/mol. The molecule has 1 saturated heterocycles. The molecule has 0 radical (unpaired) electrons. The monoisotopic (exact) mass is 310 g/mol. The smallest absolute Gasteiger partial charge is 0.0838 e. The van der Waals surface area contributed by atoms with Crippen molar-refractivity contribution in [1.82, 2.24) is 0 Å². The summed E-state index contributed by atoms with van der Waals surface area (Å²) in [5.41, 5.74) is 0.739. The normalized spacial score (nSPS) is 37.0. The fraction of sp³-hybridized carbons (Fsp3) is 1.00. The Morgan fingerprint density at radius 3 is 2.00 bits per heavy atom. The molecule has 2 rings (SSSR count). The fourth-order valence-electron chi connectivity index (χ4n) is 4.82. The Hall–Kier alpha value is -0.0800. The van der Waals surface area contributed by atoms with Gasteiger partial charge in [0.2, 0.25) is 0 Å². The van der Waals surface area contributed by atoms with Gasteiger partial charge in [0.15, 0.2) is 0 Å². The Morgan fingerprint density at radius 1 is 1.00 bits per heavy atom. The molecule has 0 aromatic heterocycles. The van der Waals surface area contributed by atoms with Crippen LogP contribution in [0.2, 0.25) is 0 Å². The highest BCUT2D eigenvalue weighted by molar-refractivity contribution is 4.88. The highest BCUT2D eigenvalue weighted by Crippen LogP contribution is 2.48. The molecule has 1 aliphatic heterocycles. The van der Waals surface area contributed by atoms with Crippen molar-refractivity contribution in [2.75, 3.05) is 54.4 Å². The van der Waals surface area contributed by atoms with Gasteiger partial charge in [0, 0.05) is 19.3 Å². The van der Waals surface area contributed by atoms with Gasteiger partial charge in [0.25, 0.3) is 0 Å². The van der Waals surface area contributed by atoms with E-state index in [-0.39, 0.29) is 0 Å². The molecule has 0 aromatic carbocycles. The van der Waals surface area contributed by atoms with Crippen LogP contribution in [-0.2, 0) is 0 Å². The maximum Gasteiger partial charge on any atom is 0.0838 e. The van der Waals surface area contributed by atoms with E-state index in [1.165, 1.54) is 75.6 Å². The number of quaternary nitrogens is 2. The van der Waals surface area contributed by atoms with Crippen LogP contribution in [0.25, 0.3) is 0 Å². The number of likely N-dealkylation sites (tertiary alicyclic amines) is 1. The molecule has 22 heavy (non-hydrogen) atoms. The molecule has 0 atom stereocenters. The van der Waals surface area contributed by atoms with E-state index in [1.54, 1.807) is 0 Å². The molecule has 1 spiro atoms. The zero-order chi connectivity index (χ0) is 16.4. The van der Waals surface area contributed by atoms with E-state index in [0.29, 0.717) is 0 Å². The van der Waals surface area contributed by atoms with Crippen molar-refractivity contribution in [3.63, 3.8) is 0 Å². The van der Waals surface area contributed by atoms with E-state index >= 15 is 0 Å². The van der Waals surface area contributed by atoms with Gasteiger partial charge in [-0.25, -0.2) is 0 Å². The van der Waals surface area contributed by atoms with Gasteiger partial charge in [0.1, 0.15) is 0 Å². The van der Waals surface area contributed by atoms with Gasteiger partial charge in [-0.1, -0.05) is 13.8 Å². The minimum absolute atomic E-state index is 0.739. The Kier molecular flexibility index (Phi) is 5.65. The van der Waals surface area contributed by atoms with Gasteiger partial charge in [-0.15, -0.1) is 0 Å². The van der Waals surface area contributed by atoms with Crippen LogP contribution in [0.1, 0.15) is 58.8 Å². The Balaban J connectivity index is 1.78. The summed E-state index contributed by atoms with van der Waals surface area (Å²) in [6.45, 7) is 10.4. The van der Waals surface area contributed by atoms with Crippen LogP contribution in [0, 0.1) is 17.3 Å². The Bertz CT molecular complexity index is 335. The molecule has 2 heteroatoms. The molecular formula is C20H42N2+2. The number of nitrogens with zero attached hydrogens (tertiary/aromatic N) is 2. The number of rotatable bonds is 5. The third-order valence-electron chi connectivity index (χ3n) is 6.92. The molecule has 1 aliphatic carbocycles. The number of hydrogen-bond donors (Lipinski definition) is 0. The summed E-state index contributed by atoms with van der Waals surface area (Å²) in [5.74, 6) is 1.91. The van der Waals surface area contributed by atoms with Gasteiger partial charge in [-0.3, -0.25) is 0 Å². The predicted octanol–water partition coefficient (Wildman–Crippen LogP) is 4.16. The summed E-state index contributed by atoms with van der Waals surface area (Å²) in [6, 6.07) is 0. The highest BCUT2D eigenvalue weighted by atomic mass is 15.3. The molecule has 0 amide bonds. The van der Waals surface area contributed by atoms with Crippen molar-refractivity contribution in [1.29, 1.82) is 0 Å². The van der Waals surface area contributed by atoms with Crippen LogP contribution in [-0.4, -0.2) is 63.3 Å². The third-order valence-corrected chi connectivity index (χ3v) is 6.92. The first kappa shape index (κ1) is 18.3. The lowest BCUT2D eigenvalue weighted by Gasteiger charge is -2.49. The maximum absolute atomic E-state index is 2.52. The van der Waals surface area contributed by atoms with E-state index in [4.69, 9.17) is 0 Å². The summed E-state index contributed by atoms with van der Waals surface area (Å²) in [6.07, 6.45) is 10.4. The van der Waals surface area contributed by atoms with E-state index in [9.17, 15) is 0 Å². The molecule has 2 nitrogen and oxygen atoms in total. The fourth-order valence-corrected chi connectivity index (χ4v) is 4.82. The van der Waals surface area contributed by atoms with Crippen LogP contribution in [0.15, 0.2) is 0 Å². The second kappa shape index (κ2) is 6.81. The van der Waals surface area contributed by atoms with Crippen LogP contribution in [0.5, 0.6) is 0 Å². The second-order valence-corrected chi connectivity index (χ2v) is 10.2. The number of piperidine rings is 1. The first-order valence-corrected chi connectivity index (χ1v) is 9.77. The zero-order valence-corrected chi connectivity index (χ0v) is 16.3. The van der Waals surface area contributed by atoms with Crippen molar-refractivity contribution < 1.29 is 8.97 Å². The van der Waals surface area contributed by atoms with Crippen LogP contribution in [0.4, 0.5) is 0 Å². The summed E-state index contributed by atoms with van der Waals surface area (Å²) in [5, 5.41) is 0. The maximum atomic E-state index is 2.52. The average Bonchev–Trinajstić information content (AvgIpc) is 2.42. The van der Waals surface area contributed by atoms with Gasteiger partial charge in [-0.2, -0.15) is 0 Å². The molecule has 2 aliphatic rings. The Morgan fingerprint density at radius 2 is 1.55 bits per heavy atom.